The molecule has 8 heteroatoms. The van der Waals surface area contributed by atoms with Gasteiger partial charge in [0, 0.05) is 12.1 Å². The topological polar surface area (TPSA) is 38.8 Å². The molecule has 1 aliphatic rings. The van der Waals surface area contributed by atoms with E-state index in [1.54, 1.807) is 18.2 Å². The highest BCUT2D eigenvalue weighted by atomic mass is 19.4. The number of carbonyl (C=O) groups is 1. The van der Waals surface area contributed by atoms with Crippen LogP contribution in [-0.2, 0) is 14.3 Å². The van der Waals surface area contributed by atoms with E-state index < -0.39 is 24.7 Å². The maximum absolute atomic E-state index is 13.8. The van der Waals surface area contributed by atoms with Crippen molar-refractivity contribution in [1.29, 1.82) is 0 Å². The predicted molar refractivity (Wildman–Crippen MR) is 73.2 cm³/mol. The lowest BCUT2D eigenvalue weighted by molar-refractivity contribution is -0.175. The van der Waals surface area contributed by atoms with Crippen LogP contribution in [0.2, 0.25) is 0 Å². The molecule has 1 aromatic rings. The Labute approximate surface area is 131 Å². The molecule has 1 aromatic carbocycles. The summed E-state index contributed by atoms with van der Waals surface area (Å²) in [5.74, 6) is -0.753. The summed E-state index contributed by atoms with van der Waals surface area (Å²) in [5.41, 5.74) is 0.360. The zero-order chi connectivity index (χ0) is 16.9. The molecule has 0 saturated carbocycles. The minimum Gasteiger partial charge on any atom is -0.372 e. The Balaban J connectivity index is 1.84. The molecule has 1 saturated heterocycles. The van der Waals surface area contributed by atoms with Crippen molar-refractivity contribution in [2.45, 2.75) is 18.7 Å². The van der Waals surface area contributed by atoms with E-state index in [0.717, 1.165) is 0 Å². The number of alkyl halides is 3. The summed E-state index contributed by atoms with van der Waals surface area (Å²) in [5, 5.41) is 0. The highest BCUT2D eigenvalue weighted by molar-refractivity contribution is 5.76. The number of hydrogen-bond acceptors (Lipinski definition) is 3. The number of ether oxygens (including phenoxy) is 2. The van der Waals surface area contributed by atoms with Crippen LogP contribution in [0.3, 0.4) is 0 Å². The quantitative estimate of drug-likeness (QED) is 0.613. The van der Waals surface area contributed by atoms with E-state index in [2.05, 4.69) is 4.74 Å². The van der Waals surface area contributed by atoms with Gasteiger partial charge in [0.25, 0.3) is 0 Å². The third-order valence-electron chi connectivity index (χ3n) is 3.40. The maximum Gasteiger partial charge on any atom is 0.411 e. The molecule has 0 radical (unpaired) electrons. The smallest absolute Gasteiger partial charge is 0.372 e. The van der Waals surface area contributed by atoms with Gasteiger partial charge in [-0.1, -0.05) is 18.2 Å². The van der Waals surface area contributed by atoms with Gasteiger partial charge in [-0.15, -0.1) is 0 Å². The van der Waals surface area contributed by atoms with Gasteiger partial charge >= 0.3 is 6.18 Å². The summed E-state index contributed by atoms with van der Waals surface area (Å²) in [4.78, 5) is 13.5. The second-order valence-corrected chi connectivity index (χ2v) is 5.14. The molecule has 1 atom stereocenters. The van der Waals surface area contributed by atoms with Gasteiger partial charge in [-0.05, 0) is 6.07 Å². The van der Waals surface area contributed by atoms with Crippen LogP contribution in [0.15, 0.2) is 24.3 Å². The molecule has 128 valence electrons. The van der Waals surface area contributed by atoms with E-state index in [-0.39, 0.29) is 32.1 Å². The van der Waals surface area contributed by atoms with E-state index in [9.17, 15) is 22.4 Å². The monoisotopic (exact) mass is 335 g/mol. The minimum absolute atomic E-state index is 0.153. The second-order valence-electron chi connectivity index (χ2n) is 5.14. The molecule has 1 heterocycles. The van der Waals surface area contributed by atoms with Gasteiger partial charge in [0.1, 0.15) is 18.5 Å². The van der Waals surface area contributed by atoms with Crippen LogP contribution in [0.5, 0.6) is 0 Å². The number of morpholine rings is 1. The first-order valence-electron chi connectivity index (χ1n) is 7.15. The van der Waals surface area contributed by atoms with Crippen molar-refractivity contribution in [1.82, 2.24) is 4.90 Å². The summed E-state index contributed by atoms with van der Waals surface area (Å²) in [7, 11) is 0. The van der Waals surface area contributed by atoms with Crippen molar-refractivity contribution in [3.63, 3.8) is 0 Å². The molecule has 0 aliphatic carbocycles. The molecule has 0 aromatic heterocycles. The zero-order valence-corrected chi connectivity index (χ0v) is 12.3. The van der Waals surface area contributed by atoms with E-state index in [1.807, 2.05) is 0 Å². The number of amides is 1. The molecule has 23 heavy (non-hydrogen) atoms. The van der Waals surface area contributed by atoms with Crippen LogP contribution in [0.25, 0.3) is 0 Å². The number of rotatable bonds is 5. The molecule has 0 unspecified atom stereocenters. The lowest BCUT2D eigenvalue weighted by Crippen LogP contribution is -2.42. The molecule has 1 aliphatic heterocycles. The van der Waals surface area contributed by atoms with Crippen molar-refractivity contribution in [3.05, 3.63) is 35.6 Å². The Hall–Kier alpha value is -1.67. The Morgan fingerprint density at radius 3 is 2.78 bits per heavy atom. The Morgan fingerprint density at radius 1 is 1.35 bits per heavy atom. The summed E-state index contributed by atoms with van der Waals surface area (Å²) in [6.45, 7) is -0.947. The molecular weight excluding hydrogens is 318 g/mol. The fourth-order valence-electron chi connectivity index (χ4n) is 2.31. The van der Waals surface area contributed by atoms with Crippen LogP contribution < -0.4 is 0 Å². The molecule has 0 spiro atoms. The van der Waals surface area contributed by atoms with Crippen LogP contribution >= 0.6 is 0 Å². The SMILES string of the molecule is O=C(CCOCC(F)(F)F)N1CCO[C@@H](c2ccccc2F)C1. The summed E-state index contributed by atoms with van der Waals surface area (Å²) < 4.78 is 59.5. The van der Waals surface area contributed by atoms with Crippen LogP contribution in [0.1, 0.15) is 18.1 Å². The van der Waals surface area contributed by atoms with E-state index in [0.29, 0.717) is 12.1 Å². The summed E-state index contributed by atoms with van der Waals surface area (Å²) >= 11 is 0. The second kappa shape index (κ2) is 7.74. The number of hydrogen-bond donors (Lipinski definition) is 0. The van der Waals surface area contributed by atoms with Crippen molar-refractivity contribution in [2.24, 2.45) is 0 Å². The normalized spacial score (nSPS) is 19.0. The molecule has 2 rings (SSSR count). The summed E-state index contributed by atoms with van der Waals surface area (Å²) in [6.07, 6.45) is -5.14. The van der Waals surface area contributed by atoms with Crippen molar-refractivity contribution < 1.29 is 31.8 Å². The van der Waals surface area contributed by atoms with Crippen LogP contribution in [0, 0.1) is 5.82 Å². The van der Waals surface area contributed by atoms with Crippen LogP contribution in [-0.4, -0.2) is 49.9 Å². The molecule has 0 bridgehead atoms. The van der Waals surface area contributed by atoms with Gasteiger partial charge < -0.3 is 14.4 Å². The minimum atomic E-state index is -4.40. The van der Waals surface area contributed by atoms with Crippen LogP contribution in [0.4, 0.5) is 17.6 Å². The predicted octanol–water partition coefficient (Wildman–Crippen LogP) is 2.69. The molecule has 1 fully saturated rings. The fraction of sp³-hybridized carbons (Fsp3) is 0.533. The van der Waals surface area contributed by atoms with Crippen molar-refractivity contribution in [3.8, 4) is 0 Å². The Bertz CT molecular complexity index is 536. The Morgan fingerprint density at radius 2 is 2.09 bits per heavy atom. The van der Waals surface area contributed by atoms with Gasteiger partial charge in [0.05, 0.1) is 26.2 Å². The third-order valence-corrected chi connectivity index (χ3v) is 3.40. The third kappa shape index (κ3) is 5.47. The van der Waals surface area contributed by atoms with E-state index >= 15 is 0 Å². The average molecular weight is 335 g/mol. The summed E-state index contributed by atoms with van der Waals surface area (Å²) in [6, 6.07) is 6.13. The molecule has 0 N–H and O–H groups in total. The van der Waals surface area contributed by atoms with Gasteiger partial charge in [0.15, 0.2) is 0 Å². The Kier molecular flexibility index (Phi) is 5.95. The standard InChI is InChI=1S/C15H17F4NO3/c16-12-4-2-1-3-11(12)13-9-20(6-8-23-13)14(21)5-7-22-10-15(17,18)19/h1-4,13H,5-10H2/t13-/m1/s1. The van der Waals surface area contributed by atoms with Gasteiger partial charge in [-0.25, -0.2) is 4.39 Å². The molecule has 4 nitrogen and oxygen atoms in total. The van der Waals surface area contributed by atoms with E-state index in [4.69, 9.17) is 4.74 Å². The number of carbonyl (C=O) groups excluding carboxylic acids is 1. The van der Waals surface area contributed by atoms with Gasteiger partial charge in [-0.3, -0.25) is 4.79 Å². The average Bonchev–Trinajstić information content (AvgIpc) is 2.51. The van der Waals surface area contributed by atoms with Gasteiger partial charge in [0.2, 0.25) is 5.91 Å². The first kappa shape index (κ1) is 17.7. The molecular formula is C15H17F4NO3. The zero-order valence-electron chi connectivity index (χ0n) is 12.3. The first-order valence-corrected chi connectivity index (χ1v) is 7.15. The maximum atomic E-state index is 13.8. The van der Waals surface area contributed by atoms with Crippen molar-refractivity contribution in [2.75, 3.05) is 32.9 Å². The van der Waals surface area contributed by atoms with E-state index in [1.165, 1.54) is 11.0 Å². The van der Waals surface area contributed by atoms with Gasteiger partial charge in [-0.2, -0.15) is 13.2 Å². The fourth-order valence-corrected chi connectivity index (χ4v) is 2.31. The number of halogens is 4. The molecule has 1 amide bonds. The lowest BCUT2D eigenvalue weighted by Gasteiger charge is -2.33. The number of benzene rings is 1. The number of nitrogens with zero attached hydrogens (tertiary/aromatic N) is 1. The largest absolute Gasteiger partial charge is 0.411 e. The lowest BCUT2D eigenvalue weighted by atomic mass is 10.1. The first-order chi connectivity index (χ1) is 10.9. The highest BCUT2D eigenvalue weighted by Gasteiger charge is 2.29. The highest BCUT2D eigenvalue weighted by Crippen LogP contribution is 2.24. The van der Waals surface area contributed by atoms with Crippen molar-refractivity contribution >= 4 is 5.91 Å².